The molecule has 6 nitrogen and oxygen atoms in total. The number of anilines is 2. The van der Waals surface area contributed by atoms with E-state index in [0.717, 1.165) is 30.0 Å². The molecule has 2 heterocycles. The van der Waals surface area contributed by atoms with Gasteiger partial charge in [-0.15, -0.1) is 11.3 Å². The number of hydrogen-bond donors (Lipinski definition) is 2. The van der Waals surface area contributed by atoms with Gasteiger partial charge in [0, 0.05) is 16.5 Å². The van der Waals surface area contributed by atoms with Gasteiger partial charge < -0.3 is 11.1 Å². The van der Waals surface area contributed by atoms with Crippen LogP contribution in [0.25, 0.3) is 10.4 Å². The summed E-state index contributed by atoms with van der Waals surface area (Å²) in [5, 5.41) is 23.3. The molecular weight excluding hydrogens is 416 g/mol. The van der Waals surface area contributed by atoms with E-state index in [1.807, 2.05) is 12.1 Å². The first-order chi connectivity index (χ1) is 13.9. The van der Waals surface area contributed by atoms with Crippen LogP contribution in [0.15, 0.2) is 40.7 Å². The molecule has 0 saturated heterocycles. The van der Waals surface area contributed by atoms with E-state index in [-0.39, 0.29) is 33.4 Å². The van der Waals surface area contributed by atoms with E-state index >= 15 is 0 Å². The first-order valence-corrected chi connectivity index (χ1v) is 9.86. The molecule has 0 spiro atoms. The maximum Gasteiger partial charge on any atom is 0.234 e. The molecule has 0 aliphatic rings. The van der Waals surface area contributed by atoms with Crippen LogP contribution in [0.4, 0.5) is 20.3 Å². The fraction of sp³-hybridized carbons (Fsp3) is 0.0526. The average Bonchev–Trinajstić information content (AvgIpc) is 3.23. The SMILES string of the molecule is N#Cc1c(N)nc(SCC(=O)Nc2cc(F)ccc2F)c(C#N)c1-c1cccs1. The maximum absolute atomic E-state index is 13.7. The average molecular weight is 427 g/mol. The van der Waals surface area contributed by atoms with Gasteiger partial charge in [-0.1, -0.05) is 17.8 Å². The monoisotopic (exact) mass is 427 g/mol. The lowest BCUT2D eigenvalue weighted by atomic mass is 10.0. The van der Waals surface area contributed by atoms with Gasteiger partial charge >= 0.3 is 0 Å². The number of carbonyl (C=O) groups is 1. The predicted molar refractivity (Wildman–Crippen MR) is 107 cm³/mol. The minimum absolute atomic E-state index is 0.0611. The number of benzene rings is 1. The van der Waals surface area contributed by atoms with Gasteiger partial charge in [0.05, 0.1) is 17.0 Å². The van der Waals surface area contributed by atoms with Crippen LogP contribution < -0.4 is 11.1 Å². The Hall–Kier alpha value is -3.47. The van der Waals surface area contributed by atoms with Gasteiger partial charge in [0.25, 0.3) is 0 Å². The van der Waals surface area contributed by atoms with Gasteiger partial charge in [-0.2, -0.15) is 10.5 Å². The van der Waals surface area contributed by atoms with Gasteiger partial charge in [-0.05, 0) is 23.6 Å². The van der Waals surface area contributed by atoms with Gasteiger partial charge in [-0.25, -0.2) is 13.8 Å². The minimum Gasteiger partial charge on any atom is -0.383 e. The van der Waals surface area contributed by atoms with Crippen molar-refractivity contribution in [2.75, 3.05) is 16.8 Å². The van der Waals surface area contributed by atoms with Crippen LogP contribution in [-0.4, -0.2) is 16.6 Å². The molecule has 29 heavy (non-hydrogen) atoms. The summed E-state index contributed by atoms with van der Waals surface area (Å²) < 4.78 is 26.9. The number of nitrogens with zero attached hydrogens (tertiary/aromatic N) is 3. The summed E-state index contributed by atoms with van der Waals surface area (Å²) >= 11 is 2.24. The highest BCUT2D eigenvalue weighted by atomic mass is 32.2. The Morgan fingerprint density at radius 2 is 2.00 bits per heavy atom. The zero-order valence-corrected chi connectivity index (χ0v) is 16.2. The number of rotatable bonds is 5. The van der Waals surface area contributed by atoms with Crippen molar-refractivity contribution in [3.05, 3.63) is 58.5 Å². The van der Waals surface area contributed by atoms with Crippen LogP contribution in [0.5, 0.6) is 0 Å². The van der Waals surface area contributed by atoms with Crippen LogP contribution in [0, 0.1) is 34.3 Å². The van der Waals surface area contributed by atoms with E-state index in [1.54, 1.807) is 17.5 Å². The van der Waals surface area contributed by atoms with Crippen molar-refractivity contribution >= 4 is 40.5 Å². The number of nitrogens with one attached hydrogen (secondary N) is 1. The number of amides is 1. The number of carbonyl (C=O) groups excluding carboxylic acids is 1. The Bertz CT molecular complexity index is 1170. The summed E-state index contributed by atoms with van der Waals surface area (Å²) in [6.07, 6.45) is 0. The molecule has 0 aliphatic carbocycles. The molecule has 0 saturated carbocycles. The number of halogens is 2. The van der Waals surface area contributed by atoms with Crippen LogP contribution >= 0.6 is 23.1 Å². The molecule has 0 unspecified atom stereocenters. The molecule has 3 rings (SSSR count). The molecular formula is C19H11F2N5OS2. The quantitative estimate of drug-likeness (QED) is 0.591. The molecule has 144 valence electrons. The number of thioether (sulfide) groups is 1. The first kappa shape index (κ1) is 20.3. The molecule has 0 bridgehead atoms. The van der Waals surface area contributed by atoms with Crippen molar-refractivity contribution < 1.29 is 13.6 Å². The Morgan fingerprint density at radius 3 is 2.66 bits per heavy atom. The topological polar surface area (TPSA) is 116 Å². The van der Waals surface area contributed by atoms with Crippen LogP contribution in [-0.2, 0) is 4.79 Å². The van der Waals surface area contributed by atoms with Crippen LogP contribution in [0.1, 0.15) is 11.1 Å². The molecule has 10 heteroatoms. The van der Waals surface area contributed by atoms with Crippen LogP contribution in [0.2, 0.25) is 0 Å². The lowest BCUT2D eigenvalue weighted by Gasteiger charge is -2.12. The van der Waals surface area contributed by atoms with Crippen molar-refractivity contribution in [1.29, 1.82) is 10.5 Å². The Kier molecular flexibility index (Phi) is 6.07. The molecule has 0 atom stereocenters. The number of nitrogen functional groups attached to an aromatic ring is 1. The molecule has 2 aromatic heterocycles. The molecule has 0 radical (unpaired) electrons. The van der Waals surface area contributed by atoms with Crippen molar-refractivity contribution in [3.63, 3.8) is 0 Å². The van der Waals surface area contributed by atoms with E-state index in [0.29, 0.717) is 10.4 Å². The molecule has 0 fully saturated rings. The normalized spacial score (nSPS) is 10.2. The minimum atomic E-state index is -0.775. The number of pyridine rings is 1. The standard InChI is InChI=1S/C19H11F2N5OS2/c20-10-3-4-13(21)14(6-10)25-16(27)9-29-19-12(8-23)17(15-2-1-5-28-15)11(7-22)18(24)26-19/h1-6H,9H2,(H2,24,26)(H,25,27). The summed E-state index contributed by atoms with van der Waals surface area (Å²) in [7, 11) is 0. The molecule has 3 aromatic rings. The Labute approximate surface area is 172 Å². The largest absolute Gasteiger partial charge is 0.383 e. The third-order valence-corrected chi connectivity index (χ3v) is 5.59. The van der Waals surface area contributed by atoms with Crippen molar-refractivity contribution in [1.82, 2.24) is 4.98 Å². The van der Waals surface area contributed by atoms with Gasteiger partial charge in [-0.3, -0.25) is 4.79 Å². The zero-order valence-electron chi connectivity index (χ0n) is 14.6. The lowest BCUT2D eigenvalue weighted by molar-refractivity contribution is -0.113. The number of thiophene rings is 1. The second-order valence-electron chi connectivity index (χ2n) is 5.59. The summed E-state index contributed by atoms with van der Waals surface area (Å²) in [6, 6.07) is 10.2. The summed E-state index contributed by atoms with van der Waals surface area (Å²) in [4.78, 5) is 16.9. The maximum atomic E-state index is 13.7. The van der Waals surface area contributed by atoms with Gasteiger partial charge in [0.1, 0.15) is 40.2 Å². The van der Waals surface area contributed by atoms with Crippen molar-refractivity contribution in [2.24, 2.45) is 0 Å². The number of hydrogen-bond acceptors (Lipinski definition) is 7. The summed E-state index contributed by atoms with van der Waals surface area (Å²) in [5.41, 5.74) is 6.16. The zero-order chi connectivity index (χ0) is 21.0. The fourth-order valence-electron chi connectivity index (χ4n) is 2.48. The van der Waals surface area contributed by atoms with Crippen molar-refractivity contribution in [2.45, 2.75) is 5.03 Å². The molecule has 0 aliphatic heterocycles. The smallest absolute Gasteiger partial charge is 0.234 e. The predicted octanol–water partition coefficient (Wildman–Crippen LogP) is 4.14. The lowest BCUT2D eigenvalue weighted by Crippen LogP contribution is -2.15. The summed E-state index contributed by atoms with van der Waals surface area (Å²) in [6.45, 7) is 0. The Balaban J connectivity index is 1.88. The van der Waals surface area contributed by atoms with Crippen molar-refractivity contribution in [3.8, 4) is 22.6 Å². The van der Waals surface area contributed by atoms with Gasteiger partial charge in [0.15, 0.2) is 0 Å². The highest BCUT2D eigenvalue weighted by molar-refractivity contribution is 8.00. The molecule has 1 amide bonds. The van der Waals surface area contributed by atoms with Gasteiger partial charge in [0.2, 0.25) is 5.91 Å². The van der Waals surface area contributed by atoms with E-state index < -0.39 is 17.5 Å². The number of nitrogens with two attached hydrogens (primary N) is 1. The highest BCUT2D eigenvalue weighted by Crippen LogP contribution is 2.37. The highest BCUT2D eigenvalue weighted by Gasteiger charge is 2.21. The third kappa shape index (κ3) is 4.35. The fourth-order valence-corrected chi connectivity index (χ4v) is 4.06. The molecule has 1 aromatic carbocycles. The van der Waals surface area contributed by atoms with Crippen LogP contribution in [0.3, 0.4) is 0 Å². The second kappa shape index (κ2) is 8.69. The van der Waals surface area contributed by atoms with E-state index in [1.165, 1.54) is 11.3 Å². The number of nitriles is 2. The second-order valence-corrected chi connectivity index (χ2v) is 7.50. The van der Waals surface area contributed by atoms with E-state index in [2.05, 4.69) is 10.3 Å². The Morgan fingerprint density at radius 1 is 1.24 bits per heavy atom. The van der Waals surface area contributed by atoms with E-state index in [4.69, 9.17) is 5.73 Å². The number of aromatic nitrogens is 1. The summed E-state index contributed by atoms with van der Waals surface area (Å²) in [5.74, 6) is -2.38. The molecule has 3 N–H and O–H groups in total. The first-order valence-electron chi connectivity index (χ1n) is 7.99. The van der Waals surface area contributed by atoms with E-state index in [9.17, 15) is 24.1 Å². The third-order valence-electron chi connectivity index (χ3n) is 3.73.